The van der Waals surface area contributed by atoms with E-state index in [4.69, 9.17) is 11.6 Å². The van der Waals surface area contributed by atoms with Crippen molar-refractivity contribution in [3.05, 3.63) is 23.9 Å². The summed E-state index contributed by atoms with van der Waals surface area (Å²) in [5.41, 5.74) is 1.08. The highest BCUT2D eigenvalue weighted by Gasteiger charge is 1.96. The number of hydrogen-bond donors (Lipinski definition) is 0. The summed E-state index contributed by atoms with van der Waals surface area (Å²) in [6, 6.07) is 0. The lowest BCUT2D eigenvalue weighted by molar-refractivity contribution is 0.865. The molecule has 0 fully saturated rings. The third-order valence-corrected chi connectivity index (χ3v) is 2.04. The summed E-state index contributed by atoms with van der Waals surface area (Å²) in [5.74, 6) is 0. The normalized spacial score (nSPS) is 22.4. The van der Waals surface area contributed by atoms with Gasteiger partial charge in [0.05, 0.1) is 0 Å². The second kappa shape index (κ2) is 4.35. The molecule has 0 unspecified atom stereocenters. The summed E-state index contributed by atoms with van der Waals surface area (Å²) < 4.78 is 0. The third-order valence-electron chi connectivity index (χ3n) is 1.64. The minimum Gasteiger partial charge on any atom is -0.245 e. The first-order valence-electron chi connectivity index (χ1n) is 3.86. The lowest BCUT2D eigenvalue weighted by Crippen LogP contribution is -1.87. The highest BCUT2D eigenvalue weighted by molar-refractivity contribution is 6.69. The van der Waals surface area contributed by atoms with Crippen molar-refractivity contribution in [2.24, 2.45) is 4.99 Å². The highest BCUT2D eigenvalue weighted by Crippen LogP contribution is 2.09. The molecule has 1 heterocycles. The van der Waals surface area contributed by atoms with Gasteiger partial charge in [0.2, 0.25) is 0 Å². The molecule has 0 aromatic rings. The molecule has 0 N–H and O–H groups in total. The zero-order chi connectivity index (χ0) is 8.10. The maximum Gasteiger partial charge on any atom is 0.131 e. The van der Waals surface area contributed by atoms with Crippen molar-refractivity contribution in [2.75, 3.05) is 0 Å². The number of rotatable bonds is 0. The van der Waals surface area contributed by atoms with Gasteiger partial charge < -0.3 is 0 Å². The summed E-state index contributed by atoms with van der Waals surface area (Å²) in [5, 5.41) is 0.614. The molecule has 0 aromatic heterocycles. The molecule has 11 heavy (non-hydrogen) atoms. The van der Waals surface area contributed by atoms with Gasteiger partial charge in [-0.1, -0.05) is 23.8 Å². The van der Waals surface area contributed by atoms with Gasteiger partial charge in [-0.25, -0.2) is 4.99 Å². The van der Waals surface area contributed by atoms with Gasteiger partial charge >= 0.3 is 0 Å². The van der Waals surface area contributed by atoms with E-state index in [1.165, 1.54) is 6.42 Å². The van der Waals surface area contributed by atoms with E-state index in [1.54, 1.807) is 6.20 Å². The zero-order valence-corrected chi connectivity index (χ0v) is 7.43. The van der Waals surface area contributed by atoms with Crippen LogP contribution < -0.4 is 0 Å². The summed E-state index contributed by atoms with van der Waals surface area (Å²) >= 11 is 5.85. The molecule has 0 aromatic carbocycles. The molecule has 0 spiro atoms. The van der Waals surface area contributed by atoms with Crippen LogP contribution in [0, 0.1) is 0 Å². The molecule has 0 atom stereocenters. The molecular weight excluding hydrogens is 158 g/mol. The minimum absolute atomic E-state index is 0.614. The van der Waals surface area contributed by atoms with Crippen molar-refractivity contribution in [2.45, 2.75) is 26.2 Å². The summed E-state index contributed by atoms with van der Waals surface area (Å²) in [4.78, 5) is 4.06. The van der Waals surface area contributed by atoms with Gasteiger partial charge in [-0.05, 0) is 31.8 Å². The van der Waals surface area contributed by atoms with Gasteiger partial charge in [0.1, 0.15) is 5.17 Å². The molecule has 1 nitrogen and oxygen atoms in total. The Labute approximate surface area is 72.5 Å². The molecule has 60 valence electrons. The first-order valence-corrected chi connectivity index (χ1v) is 4.24. The monoisotopic (exact) mass is 169 g/mol. The molecule has 1 aliphatic rings. The molecule has 2 heteroatoms. The van der Waals surface area contributed by atoms with E-state index in [1.807, 2.05) is 6.92 Å². The van der Waals surface area contributed by atoms with E-state index >= 15 is 0 Å². The van der Waals surface area contributed by atoms with Crippen LogP contribution in [0.5, 0.6) is 0 Å². The molecule has 0 amide bonds. The molecule has 1 aliphatic heterocycles. The number of allylic oxidation sites excluding steroid dienone is 3. The van der Waals surface area contributed by atoms with Crippen molar-refractivity contribution in [3.63, 3.8) is 0 Å². The second-order valence-electron chi connectivity index (χ2n) is 2.62. The van der Waals surface area contributed by atoms with Crippen LogP contribution in [-0.4, -0.2) is 5.17 Å². The van der Waals surface area contributed by atoms with Crippen LogP contribution in [0.25, 0.3) is 0 Å². The topological polar surface area (TPSA) is 12.4 Å². The number of halogens is 1. The first kappa shape index (κ1) is 8.54. The van der Waals surface area contributed by atoms with Crippen molar-refractivity contribution >= 4 is 16.8 Å². The Morgan fingerprint density at radius 3 is 3.09 bits per heavy atom. The first-order chi connectivity index (χ1) is 5.30. The molecular formula is C9H12ClN. The molecule has 0 aliphatic carbocycles. The minimum atomic E-state index is 0.614. The Kier molecular flexibility index (Phi) is 3.37. The van der Waals surface area contributed by atoms with Gasteiger partial charge in [-0.2, -0.15) is 0 Å². The maximum atomic E-state index is 5.85. The fraction of sp³-hybridized carbons (Fsp3) is 0.444. The van der Waals surface area contributed by atoms with Gasteiger partial charge in [-0.15, -0.1) is 0 Å². The Hall–Kier alpha value is -0.560. The van der Waals surface area contributed by atoms with E-state index in [-0.39, 0.29) is 0 Å². The van der Waals surface area contributed by atoms with E-state index in [0.717, 1.165) is 18.4 Å². The van der Waals surface area contributed by atoms with E-state index < -0.39 is 0 Å². The molecule has 0 saturated carbocycles. The Balaban J connectivity index is 2.76. The van der Waals surface area contributed by atoms with Crippen LogP contribution in [0.4, 0.5) is 0 Å². The zero-order valence-electron chi connectivity index (χ0n) is 6.68. The number of aliphatic imine (C=N–C) groups is 1. The van der Waals surface area contributed by atoms with Crippen LogP contribution in [0.2, 0.25) is 0 Å². The second-order valence-corrected chi connectivity index (χ2v) is 2.98. The predicted octanol–water partition coefficient (Wildman–Crippen LogP) is 3.27. The molecule has 0 saturated heterocycles. The molecule has 0 bridgehead atoms. The SMILES string of the molecule is CC1=CCCC/C=C/N=C1Cl. The third kappa shape index (κ3) is 2.89. The fourth-order valence-electron chi connectivity index (χ4n) is 0.933. The van der Waals surface area contributed by atoms with E-state index in [9.17, 15) is 0 Å². The van der Waals surface area contributed by atoms with Crippen molar-refractivity contribution in [1.82, 2.24) is 0 Å². The predicted molar refractivity (Wildman–Crippen MR) is 50.0 cm³/mol. The largest absolute Gasteiger partial charge is 0.245 e. The van der Waals surface area contributed by atoms with Gasteiger partial charge in [0.25, 0.3) is 0 Å². The lowest BCUT2D eigenvalue weighted by Gasteiger charge is -1.94. The van der Waals surface area contributed by atoms with Crippen molar-refractivity contribution in [3.8, 4) is 0 Å². The Morgan fingerprint density at radius 1 is 1.45 bits per heavy atom. The Morgan fingerprint density at radius 2 is 2.27 bits per heavy atom. The van der Waals surface area contributed by atoms with E-state index in [2.05, 4.69) is 17.1 Å². The van der Waals surface area contributed by atoms with Crippen LogP contribution in [0.1, 0.15) is 26.2 Å². The average molecular weight is 170 g/mol. The standard InChI is InChI=1S/C9H12ClN/c1-8-6-4-2-3-5-7-11-9(8)10/h5-7H,2-4H2,1H3/b7-5+,8-6?,11-9?. The van der Waals surface area contributed by atoms with Crippen molar-refractivity contribution in [1.29, 1.82) is 0 Å². The molecule has 1 rings (SSSR count). The van der Waals surface area contributed by atoms with Gasteiger partial charge in [-0.3, -0.25) is 0 Å². The van der Waals surface area contributed by atoms with Crippen LogP contribution in [0.15, 0.2) is 28.9 Å². The maximum absolute atomic E-state index is 5.85. The highest BCUT2D eigenvalue weighted by atomic mass is 35.5. The summed E-state index contributed by atoms with van der Waals surface area (Å²) in [7, 11) is 0. The van der Waals surface area contributed by atoms with Crippen molar-refractivity contribution < 1.29 is 0 Å². The quantitative estimate of drug-likeness (QED) is 0.528. The number of hydrogen-bond acceptors (Lipinski definition) is 1. The van der Waals surface area contributed by atoms with Crippen LogP contribution in [0.3, 0.4) is 0 Å². The van der Waals surface area contributed by atoms with Crippen LogP contribution >= 0.6 is 11.6 Å². The average Bonchev–Trinajstić information content (AvgIpc) is 2.07. The lowest BCUT2D eigenvalue weighted by atomic mass is 10.2. The summed E-state index contributed by atoms with van der Waals surface area (Å²) in [6.07, 6.45) is 9.35. The smallest absolute Gasteiger partial charge is 0.131 e. The number of nitrogens with zero attached hydrogens (tertiary/aromatic N) is 1. The summed E-state index contributed by atoms with van der Waals surface area (Å²) in [6.45, 7) is 1.99. The van der Waals surface area contributed by atoms with Gasteiger partial charge in [0.15, 0.2) is 0 Å². The van der Waals surface area contributed by atoms with E-state index in [0.29, 0.717) is 5.17 Å². The molecule has 0 radical (unpaired) electrons. The van der Waals surface area contributed by atoms with Crippen LogP contribution in [-0.2, 0) is 0 Å². The van der Waals surface area contributed by atoms with Gasteiger partial charge in [0, 0.05) is 6.20 Å². The fourth-order valence-corrected chi connectivity index (χ4v) is 1.07. The Bertz CT molecular complexity index is 214.